The molecule has 0 bridgehead atoms. The van der Waals surface area contributed by atoms with Gasteiger partial charge in [0.2, 0.25) is 0 Å². The minimum absolute atomic E-state index is 0.00675. The Hall–Kier alpha value is -2.18. The van der Waals surface area contributed by atoms with Crippen LogP contribution >= 0.6 is 0 Å². The molecule has 0 fully saturated rings. The molecular weight excluding hydrogens is 259 g/mol. The first kappa shape index (κ1) is 13.3. The van der Waals surface area contributed by atoms with E-state index in [2.05, 4.69) is 5.10 Å². The zero-order valence-electron chi connectivity index (χ0n) is 10.1. The summed E-state index contributed by atoms with van der Waals surface area (Å²) >= 11 is 0. The van der Waals surface area contributed by atoms with Crippen LogP contribution in [0, 0.1) is 0 Å². The number of hydrogen-bond donors (Lipinski definition) is 1. The minimum Gasteiger partial charge on any atom is -0.454 e. The predicted molar refractivity (Wildman–Crippen MR) is 63.8 cm³/mol. The molecule has 0 amide bonds. The highest BCUT2D eigenvalue weighted by Gasteiger charge is 2.31. The summed E-state index contributed by atoms with van der Waals surface area (Å²) in [5.74, 6) is 0.392. The van der Waals surface area contributed by atoms with E-state index >= 15 is 0 Å². The lowest BCUT2D eigenvalue weighted by molar-refractivity contribution is -0.137. The van der Waals surface area contributed by atoms with Crippen molar-refractivity contribution in [3.63, 3.8) is 0 Å². The number of ether oxygens (including phenoxy) is 1. The lowest BCUT2D eigenvalue weighted by atomic mass is 10.2. The molecule has 1 aromatic heterocycles. The highest BCUT2D eigenvalue weighted by atomic mass is 19.4. The van der Waals surface area contributed by atoms with Crippen molar-refractivity contribution in [3.05, 3.63) is 36.2 Å². The Balaban J connectivity index is 2.27. The molecule has 0 atom stereocenters. The molecule has 1 aromatic carbocycles. The van der Waals surface area contributed by atoms with Gasteiger partial charge in [-0.1, -0.05) is 0 Å². The van der Waals surface area contributed by atoms with Gasteiger partial charge in [0.1, 0.15) is 5.75 Å². The van der Waals surface area contributed by atoms with Crippen molar-refractivity contribution < 1.29 is 17.9 Å². The van der Waals surface area contributed by atoms with Gasteiger partial charge in [0, 0.05) is 18.3 Å². The molecule has 0 aliphatic heterocycles. The summed E-state index contributed by atoms with van der Waals surface area (Å²) in [5.41, 5.74) is 4.59. The standard InChI is InChI=1S/C12H12F3N3O/c1-2-18-7-11(6-17-18)19-10-4-8(12(13,14)15)3-9(16)5-10/h3-7H,2,16H2,1H3. The Morgan fingerprint density at radius 3 is 2.58 bits per heavy atom. The maximum absolute atomic E-state index is 12.6. The first-order valence-electron chi connectivity index (χ1n) is 5.56. The van der Waals surface area contributed by atoms with E-state index in [-0.39, 0.29) is 11.4 Å². The van der Waals surface area contributed by atoms with E-state index in [0.717, 1.165) is 12.1 Å². The maximum atomic E-state index is 12.6. The van der Waals surface area contributed by atoms with E-state index in [0.29, 0.717) is 12.3 Å². The fraction of sp³-hybridized carbons (Fsp3) is 0.250. The minimum atomic E-state index is -4.46. The lowest BCUT2D eigenvalue weighted by Gasteiger charge is -2.10. The van der Waals surface area contributed by atoms with Crippen LogP contribution in [0.4, 0.5) is 18.9 Å². The van der Waals surface area contributed by atoms with E-state index < -0.39 is 11.7 Å². The monoisotopic (exact) mass is 271 g/mol. The van der Waals surface area contributed by atoms with Crippen molar-refractivity contribution in [2.45, 2.75) is 19.6 Å². The van der Waals surface area contributed by atoms with Crippen LogP contribution in [0.25, 0.3) is 0 Å². The number of nitrogens with zero attached hydrogens (tertiary/aromatic N) is 2. The van der Waals surface area contributed by atoms with Crippen LogP contribution < -0.4 is 10.5 Å². The molecule has 0 saturated heterocycles. The number of anilines is 1. The third kappa shape index (κ3) is 3.18. The van der Waals surface area contributed by atoms with Gasteiger partial charge in [-0.2, -0.15) is 18.3 Å². The number of nitrogens with two attached hydrogens (primary N) is 1. The number of aromatic nitrogens is 2. The maximum Gasteiger partial charge on any atom is 0.416 e. The van der Waals surface area contributed by atoms with Crippen LogP contribution in [0.2, 0.25) is 0 Å². The third-order valence-corrected chi connectivity index (χ3v) is 2.43. The quantitative estimate of drug-likeness (QED) is 0.871. The van der Waals surface area contributed by atoms with E-state index in [9.17, 15) is 13.2 Å². The van der Waals surface area contributed by atoms with E-state index in [1.807, 2.05) is 6.92 Å². The van der Waals surface area contributed by atoms with Crippen LogP contribution in [0.3, 0.4) is 0 Å². The van der Waals surface area contributed by atoms with E-state index in [1.165, 1.54) is 12.3 Å². The van der Waals surface area contributed by atoms with Gasteiger partial charge in [-0.15, -0.1) is 0 Å². The van der Waals surface area contributed by atoms with Crippen molar-refractivity contribution in [2.75, 3.05) is 5.73 Å². The number of hydrogen-bond acceptors (Lipinski definition) is 3. The second-order valence-corrected chi connectivity index (χ2v) is 3.92. The van der Waals surface area contributed by atoms with Crippen LogP contribution in [0.5, 0.6) is 11.5 Å². The van der Waals surface area contributed by atoms with Crippen molar-refractivity contribution in [1.82, 2.24) is 9.78 Å². The molecule has 0 saturated carbocycles. The van der Waals surface area contributed by atoms with Gasteiger partial charge in [0.25, 0.3) is 0 Å². The molecule has 0 radical (unpaired) electrons. The second kappa shape index (κ2) is 4.83. The average molecular weight is 271 g/mol. The summed E-state index contributed by atoms with van der Waals surface area (Å²) in [6.45, 7) is 2.53. The molecule has 19 heavy (non-hydrogen) atoms. The first-order valence-corrected chi connectivity index (χ1v) is 5.56. The Bertz CT molecular complexity index is 578. The molecule has 1 heterocycles. The fourth-order valence-electron chi connectivity index (χ4n) is 1.55. The highest BCUT2D eigenvalue weighted by Crippen LogP contribution is 2.34. The number of rotatable bonds is 3. The third-order valence-electron chi connectivity index (χ3n) is 2.43. The normalized spacial score (nSPS) is 11.6. The SMILES string of the molecule is CCn1cc(Oc2cc(N)cc(C(F)(F)F)c2)cn1. The molecule has 0 aliphatic rings. The molecule has 0 unspecified atom stereocenters. The average Bonchev–Trinajstić information content (AvgIpc) is 2.75. The largest absolute Gasteiger partial charge is 0.454 e. The van der Waals surface area contributed by atoms with Crippen LogP contribution in [0.1, 0.15) is 12.5 Å². The summed E-state index contributed by atoms with van der Waals surface area (Å²) in [7, 11) is 0. The van der Waals surface area contributed by atoms with Crippen LogP contribution in [-0.2, 0) is 12.7 Å². The summed E-state index contributed by atoms with van der Waals surface area (Å²) in [6, 6.07) is 3.10. The topological polar surface area (TPSA) is 53.1 Å². The van der Waals surface area contributed by atoms with Crippen LogP contribution in [0.15, 0.2) is 30.6 Å². The molecule has 2 aromatic rings. The number of halogens is 3. The Labute approximate surface area is 107 Å². The Morgan fingerprint density at radius 2 is 2.00 bits per heavy atom. The van der Waals surface area contributed by atoms with Crippen molar-refractivity contribution >= 4 is 5.69 Å². The number of benzene rings is 1. The molecule has 2 N–H and O–H groups in total. The molecule has 2 rings (SSSR count). The van der Waals surface area contributed by atoms with Crippen molar-refractivity contribution in [3.8, 4) is 11.5 Å². The number of nitrogen functional groups attached to an aromatic ring is 1. The van der Waals surface area contributed by atoms with Gasteiger partial charge in [-0.3, -0.25) is 4.68 Å². The van der Waals surface area contributed by atoms with Gasteiger partial charge in [0.05, 0.1) is 18.0 Å². The van der Waals surface area contributed by atoms with E-state index in [4.69, 9.17) is 10.5 Å². The zero-order valence-corrected chi connectivity index (χ0v) is 10.1. The van der Waals surface area contributed by atoms with Crippen molar-refractivity contribution in [1.29, 1.82) is 0 Å². The number of alkyl halides is 3. The van der Waals surface area contributed by atoms with Gasteiger partial charge < -0.3 is 10.5 Å². The smallest absolute Gasteiger partial charge is 0.416 e. The first-order chi connectivity index (χ1) is 8.88. The van der Waals surface area contributed by atoms with Crippen molar-refractivity contribution in [2.24, 2.45) is 0 Å². The molecule has 4 nitrogen and oxygen atoms in total. The van der Waals surface area contributed by atoms with Gasteiger partial charge >= 0.3 is 6.18 Å². The van der Waals surface area contributed by atoms with Crippen LogP contribution in [-0.4, -0.2) is 9.78 Å². The Morgan fingerprint density at radius 1 is 1.26 bits per heavy atom. The lowest BCUT2D eigenvalue weighted by Crippen LogP contribution is -2.06. The zero-order chi connectivity index (χ0) is 14.0. The summed E-state index contributed by atoms with van der Waals surface area (Å²) in [6.07, 6.45) is -1.43. The van der Waals surface area contributed by atoms with Gasteiger partial charge in [-0.05, 0) is 19.1 Å². The second-order valence-electron chi connectivity index (χ2n) is 3.92. The van der Waals surface area contributed by atoms with E-state index in [1.54, 1.807) is 10.9 Å². The molecular formula is C12H12F3N3O. The molecule has 7 heteroatoms. The van der Waals surface area contributed by atoms with Gasteiger partial charge in [-0.25, -0.2) is 0 Å². The predicted octanol–water partition coefficient (Wildman–Crippen LogP) is 3.30. The molecule has 0 spiro atoms. The fourth-order valence-corrected chi connectivity index (χ4v) is 1.55. The summed E-state index contributed by atoms with van der Waals surface area (Å²) < 4.78 is 44.8. The molecule has 102 valence electrons. The highest BCUT2D eigenvalue weighted by molar-refractivity contribution is 5.49. The summed E-state index contributed by atoms with van der Waals surface area (Å²) in [4.78, 5) is 0. The van der Waals surface area contributed by atoms with Gasteiger partial charge in [0.15, 0.2) is 5.75 Å². The molecule has 0 aliphatic carbocycles. The Kier molecular flexibility index (Phi) is 3.37. The number of aryl methyl sites for hydroxylation is 1. The summed E-state index contributed by atoms with van der Waals surface area (Å²) in [5, 5.41) is 3.96.